The van der Waals surface area contributed by atoms with Crippen LogP contribution in [0.15, 0.2) is 53.5 Å². The molecule has 0 saturated carbocycles. The fourth-order valence-electron chi connectivity index (χ4n) is 2.24. The summed E-state index contributed by atoms with van der Waals surface area (Å²) in [7, 11) is 3.17. The minimum Gasteiger partial charge on any atom is -0.497 e. The molecule has 0 fully saturated rings. The van der Waals surface area contributed by atoms with Gasteiger partial charge in [-0.1, -0.05) is 30.3 Å². The Hall–Kier alpha value is -2.90. The summed E-state index contributed by atoms with van der Waals surface area (Å²) in [6, 6.07) is 13.5. The number of rotatable bonds is 6. The normalized spacial score (nSPS) is 11.8. The number of guanidine groups is 1. The molecule has 0 aliphatic carbocycles. The number of halogens is 3. The topological polar surface area (TPSA) is 54.9 Å². The second kappa shape index (κ2) is 8.98. The Morgan fingerprint density at radius 2 is 1.77 bits per heavy atom. The van der Waals surface area contributed by atoms with Gasteiger partial charge in [0.05, 0.1) is 7.11 Å². The van der Waals surface area contributed by atoms with E-state index in [2.05, 4.69) is 20.4 Å². The second-order valence-corrected chi connectivity index (χ2v) is 5.29. The monoisotopic (exact) mass is 367 g/mol. The van der Waals surface area contributed by atoms with E-state index in [1.54, 1.807) is 26.3 Å². The SMILES string of the molecule is CN=C(NCc1cccc(OC)c1)NCc1ccccc1OC(F)(F)F. The summed E-state index contributed by atoms with van der Waals surface area (Å²) in [4.78, 5) is 4.07. The molecule has 0 amide bonds. The molecule has 0 radical (unpaired) electrons. The first-order valence-corrected chi connectivity index (χ1v) is 7.82. The van der Waals surface area contributed by atoms with Crippen LogP contribution >= 0.6 is 0 Å². The highest BCUT2D eigenvalue weighted by Crippen LogP contribution is 2.26. The average molecular weight is 367 g/mol. The number of ether oxygens (including phenoxy) is 2. The second-order valence-electron chi connectivity index (χ2n) is 5.29. The Morgan fingerprint density at radius 3 is 2.46 bits per heavy atom. The Morgan fingerprint density at radius 1 is 1.04 bits per heavy atom. The first-order chi connectivity index (χ1) is 12.4. The molecule has 0 unspecified atom stereocenters. The van der Waals surface area contributed by atoms with Gasteiger partial charge < -0.3 is 20.1 Å². The highest BCUT2D eigenvalue weighted by Gasteiger charge is 2.31. The Labute approximate surface area is 149 Å². The molecule has 0 saturated heterocycles. The van der Waals surface area contributed by atoms with Gasteiger partial charge in [-0.05, 0) is 23.8 Å². The van der Waals surface area contributed by atoms with Gasteiger partial charge in [0.1, 0.15) is 11.5 Å². The van der Waals surface area contributed by atoms with Crippen molar-refractivity contribution in [3.63, 3.8) is 0 Å². The molecule has 0 aliphatic heterocycles. The lowest BCUT2D eigenvalue weighted by Crippen LogP contribution is -2.36. The molecular weight excluding hydrogens is 347 g/mol. The third kappa shape index (κ3) is 6.19. The highest BCUT2D eigenvalue weighted by atomic mass is 19.4. The minimum absolute atomic E-state index is 0.129. The van der Waals surface area contributed by atoms with Crippen LogP contribution in [0.25, 0.3) is 0 Å². The molecule has 0 heterocycles. The zero-order valence-electron chi connectivity index (χ0n) is 14.4. The van der Waals surface area contributed by atoms with Gasteiger partial charge in [-0.3, -0.25) is 4.99 Å². The number of benzene rings is 2. The molecule has 0 spiro atoms. The molecule has 8 heteroatoms. The van der Waals surface area contributed by atoms with E-state index in [9.17, 15) is 13.2 Å². The molecule has 2 aromatic rings. The van der Waals surface area contributed by atoms with Crippen LogP contribution in [0.3, 0.4) is 0 Å². The average Bonchev–Trinajstić information content (AvgIpc) is 2.62. The summed E-state index contributed by atoms with van der Waals surface area (Å²) in [6.45, 7) is 0.613. The summed E-state index contributed by atoms with van der Waals surface area (Å²) < 4.78 is 46.6. The van der Waals surface area contributed by atoms with Gasteiger partial charge in [-0.2, -0.15) is 0 Å². The number of nitrogens with one attached hydrogen (secondary N) is 2. The molecule has 0 aromatic heterocycles. The zero-order chi connectivity index (χ0) is 19.0. The minimum atomic E-state index is -4.73. The van der Waals surface area contributed by atoms with Crippen LogP contribution < -0.4 is 20.1 Å². The van der Waals surface area contributed by atoms with E-state index in [0.717, 1.165) is 11.3 Å². The smallest absolute Gasteiger partial charge is 0.497 e. The van der Waals surface area contributed by atoms with Gasteiger partial charge in [-0.25, -0.2) is 0 Å². The van der Waals surface area contributed by atoms with Gasteiger partial charge in [-0.15, -0.1) is 13.2 Å². The predicted octanol–water partition coefficient (Wildman–Crippen LogP) is 3.46. The summed E-state index contributed by atoms with van der Waals surface area (Å²) >= 11 is 0. The number of para-hydroxylation sites is 1. The molecule has 140 valence electrons. The molecular formula is C18H20F3N3O2. The van der Waals surface area contributed by atoms with Crippen LogP contribution in [0.1, 0.15) is 11.1 Å². The maximum absolute atomic E-state index is 12.5. The van der Waals surface area contributed by atoms with Crippen LogP contribution in [0.4, 0.5) is 13.2 Å². The van der Waals surface area contributed by atoms with E-state index in [-0.39, 0.29) is 12.3 Å². The van der Waals surface area contributed by atoms with Crippen LogP contribution in [-0.4, -0.2) is 26.5 Å². The Balaban J connectivity index is 1.95. The van der Waals surface area contributed by atoms with Crippen molar-refractivity contribution < 1.29 is 22.6 Å². The van der Waals surface area contributed by atoms with E-state index >= 15 is 0 Å². The lowest BCUT2D eigenvalue weighted by atomic mass is 10.2. The van der Waals surface area contributed by atoms with Crippen molar-refractivity contribution in [2.24, 2.45) is 4.99 Å². The van der Waals surface area contributed by atoms with Crippen molar-refractivity contribution >= 4 is 5.96 Å². The number of hydrogen-bond acceptors (Lipinski definition) is 3. The van der Waals surface area contributed by atoms with E-state index in [1.165, 1.54) is 12.1 Å². The van der Waals surface area contributed by atoms with E-state index in [0.29, 0.717) is 18.1 Å². The molecule has 26 heavy (non-hydrogen) atoms. The Bertz CT molecular complexity index is 748. The van der Waals surface area contributed by atoms with Gasteiger partial charge >= 0.3 is 6.36 Å². The van der Waals surface area contributed by atoms with Crippen molar-refractivity contribution in [3.8, 4) is 11.5 Å². The summed E-state index contributed by atoms with van der Waals surface area (Å²) in [5.41, 5.74) is 1.35. The van der Waals surface area contributed by atoms with Crippen molar-refractivity contribution in [2.75, 3.05) is 14.2 Å². The predicted molar refractivity (Wildman–Crippen MR) is 93.2 cm³/mol. The summed E-state index contributed by atoms with van der Waals surface area (Å²) in [5, 5.41) is 6.07. The number of nitrogens with zero attached hydrogens (tertiary/aromatic N) is 1. The summed E-state index contributed by atoms with van der Waals surface area (Å²) in [5.74, 6) is 0.954. The molecule has 2 aromatic carbocycles. The first-order valence-electron chi connectivity index (χ1n) is 7.82. The van der Waals surface area contributed by atoms with Crippen LogP contribution in [0, 0.1) is 0 Å². The third-order valence-electron chi connectivity index (χ3n) is 3.46. The Kier molecular flexibility index (Phi) is 6.71. The molecule has 2 N–H and O–H groups in total. The third-order valence-corrected chi connectivity index (χ3v) is 3.46. The number of methoxy groups -OCH3 is 1. The van der Waals surface area contributed by atoms with E-state index in [1.807, 2.05) is 24.3 Å². The lowest BCUT2D eigenvalue weighted by molar-refractivity contribution is -0.274. The van der Waals surface area contributed by atoms with Gasteiger partial charge in [0.25, 0.3) is 0 Å². The fraction of sp³-hybridized carbons (Fsp3) is 0.278. The quantitative estimate of drug-likeness (QED) is 0.607. The van der Waals surface area contributed by atoms with Gasteiger partial charge in [0.2, 0.25) is 0 Å². The standard InChI is InChI=1S/C18H20F3N3O2/c1-22-17(23-11-13-6-5-8-15(10-13)25-2)24-12-14-7-3-4-9-16(14)26-18(19,20)21/h3-10H,11-12H2,1-2H3,(H2,22,23,24). The number of alkyl halides is 3. The van der Waals surface area contributed by atoms with Crippen molar-refractivity contribution in [1.82, 2.24) is 10.6 Å². The van der Waals surface area contributed by atoms with Gasteiger partial charge in [0, 0.05) is 25.7 Å². The van der Waals surface area contributed by atoms with Crippen molar-refractivity contribution in [2.45, 2.75) is 19.5 Å². The van der Waals surface area contributed by atoms with Crippen LogP contribution in [-0.2, 0) is 13.1 Å². The lowest BCUT2D eigenvalue weighted by Gasteiger charge is -2.15. The van der Waals surface area contributed by atoms with E-state index in [4.69, 9.17) is 4.74 Å². The van der Waals surface area contributed by atoms with Crippen LogP contribution in [0.2, 0.25) is 0 Å². The van der Waals surface area contributed by atoms with Crippen molar-refractivity contribution in [1.29, 1.82) is 0 Å². The summed E-state index contributed by atoms with van der Waals surface area (Å²) in [6.07, 6.45) is -4.73. The molecule has 2 rings (SSSR count). The maximum atomic E-state index is 12.5. The zero-order valence-corrected chi connectivity index (χ0v) is 14.4. The number of aliphatic imine (C=N–C) groups is 1. The molecule has 5 nitrogen and oxygen atoms in total. The highest BCUT2D eigenvalue weighted by molar-refractivity contribution is 5.79. The maximum Gasteiger partial charge on any atom is 0.573 e. The number of hydrogen-bond donors (Lipinski definition) is 2. The molecule has 0 bridgehead atoms. The fourth-order valence-corrected chi connectivity index (χ4v) is 2.24. The van der Waals surface area contributed by atoms with Gasteiger partial charge in [0.15, 0.2) is 5.96 Å². The molecule has 0 atom stereocenters. The molecule has 0 aliphatic rings. The van der Waals surface area contributed by atoms with E-state index < -0.39 is 6.36 Å². The largest absolute Gasteiger partial charge is 0.573 e. The van der Waals surface area contributed by atoms with Crippen LogP contribution in [0.5, 0.6) is 11.5 Å². The van der Waals surface area contributed by atoms with Crippen molar-refractivity contribution in [3.05, 3.63) is 59.7 Å². The first kappa shape index (κ1) is 19.4.